The largest absolute Gasteiger partial charge is 0.451 e. The number of halogens is 1. The standard InChI is InChI=1S/C20H22ClN3O4/c1-13-5-3-4-10-23(13)18(26)12-28-20(27)19-17(25)11-14(2)24(22-19)16-8-6-15(21)7-9-16/h6-9,11,13H,3-5,10,12H2,1-2H3/t13-/m0/s1. The molecule has 1 aliphatic heterocycles. The molecule has 0 unspecified atom stereocenters. The maximum absolute atomic E-state index is 12.4. The fourth-order valence-electron chi connectivity index (χ4n) is 3.28. The molecule has 1 atom stereocenters. The van der Waals surface area contributed by atoms with Crippen LogP contribution >= 0.6 is 11.6 Å². The number of carbonyl (C=O) groups excluding carboxylic acids is 2. The summed E-state index contributed by atoms with van der Waals surface area (Å²) in [4.78, 5) is 38.7. The van der Waals surface area contributed by atoms with Crippen molar-refractivity contribution in [1.29, 1.82) is 0 Å². The van der Waals surface area contributed by atoms with Crippen LogP contribution in [0.5, 0.6) is 0 Å². The minimum Gasteiger partial charge on any atom is -0.451 e. The van der Waals surface area contributed by atoms with Crippen LogP contribution in [0.4, 0.5) is 0 Å². The first kappa shape index (κ1) is 20.1. The van der Waals surface area contributed by atoms with E-state index in [1.54, 1.807) is 36.1 Å². The fourth-order valence-corrected chi connectivity index (χ4v) is 3.41. The highest BCUT2D eigenvalue weighted by Gasteiger charge is 2.25. The number of amides is 1. The molecule has 1 aliphatic rings. The van der Waals surface area contributed by atoms with Gasteiger partial charge in [0.05, 0.1) is 5.69 Å². The summed E-state index contributed by atoms with van der Waals surface area (Å²) >= 11 is 5.90. The third-order valence-electron chi connectivity index (χ3n) is 4.82. The Morgan fingerprint density at radius 1 is 1.25 bits per heavy atom. The fraction of sp³-hybridized carbons (Fsp3) is 0.400. The summed E-state index contributed by atoms with van der Waals surface area (Å²) in [6, 6.07) is 8.26. The van der Waals surface area contributed by atoms with E-state index in [1.165, 1.54) is 10.7 Å². The summed E-state index contributed by atoms with van der Waals surface area (Å²) in [5.74, 6) is -1.17. The number of esters is 1. The van der Waals surface area contributed by atoms with Crippen LogP contribution in [0.3, 0.4) is 0 Å². The Kier molecular flexibility index (Phi) is 6.14. The van der Waals surface area contributed by atoms with E-state index >= 15 is 0 Å². The molecule has 1 amide bonds. The Hall–Kier alpha value is -2.67. The minimum atomic E-state index is -0.911. The molecule has 148 valence electrons. The number of nitrogens with zero attached hydrogens (tertiary/aromatic N) is 3. The molecular formula is C20H22ClN3O4. The van der Waals surface area contributed by atoms with E-state index in [0.29, 0.717) is 22.9 Å². The molecule has 28 heavy (non-hydrogen) atoms. The predicted octanol–water partition coefficient (Wildman–Crippen LogP) is 2.75. The molecule has 2 aromatic rings. The van der Waals surface area contributed by atoms with Crippen molar-refractivity contribution in [3.05, 3.63) is 57.0 Å². The highest BCUT2D eigenvalue weighted by atomic mass is 35.5. The number of aromatic nitrogens is 2. The number of likely N-dealkylation sites (tertiary alicyclic amines) is 1. The van der Waals surface area contributed by atoms with E-state index in [2.05, 4.69) is 5.10 Å². The van der Waals surface area contributed by atoms with Crippen LogP contribution < -0.4 is 5.43 Å². The van der Waals surface area contributed by atoms with Crippen molar-refractivity contribution in [2.24, 2.45) is 0 Å². The van der Waals surface area contributed by atoms with E-state index in [-0.39, 0.29) is 17.6 Å². The first-order chi connectivity index (χ1) is 13.4. The Bertz CT molecular complexity index is 939. The number of hydrogen-bond donors (Lipinski definition) is 0. The third kappa shape index (κ3) is 4.42. The van der Waals surface area contributed by atoms with Crippen LogP contribution in [0.15, 0.2) is 35.1 Å². The van der Waals surface area contributed by atoms with Gasteiger partial charge in [-0.2, -0.15) is 5.10 Å². The summed E-state index contributed by atoms with van der Waals surface area (Å²) in [6.45, 7) is 3.94. The Morgan fingerprint density at radius 3 is 2.64 bits per heavy atom. The van der Waals surface area contributed by atoms with Gasteiger partial charge in [0, 0.05) is 29.4 Å². The Labute approximate surface area is 167 Å². The van der Waals surface area contributed by atoms with Gasteiger partial charge in [-0.1, -0.05) is 11.6 Å². The van der Waals surface area contributed by atoms with Crippen LogP contribution in [-0.4, -0.2) is 45.8 Å². The molecule has 0 N–H and O–H groups in total. The normalized spacial score (nSPS) is 16.7. The molecule has 7 nitrogen and oxygen atoms in total. The molecule has 0 spiro atoms. The zero-order chi connectivity index (χ0) is 20.3. The number of hydrogen-bond acceptors (Lipinski definition) is 5. The first-order valence-corrected chi connectivity index (χ1v) is 9.58. The van der Waals surface area contributed by atoms with Gasteiger partial charge in [-0.3, -0.25) is 9.59 Å². The molecule has 3 rings (SSSR count). The second-order valence-electron chi connectivity index (χ2n) is 6.89. The van der Waals surface area contributed by atoms with Crippen LogP contribution in [0.1, 0.15) is 42.4 Å². The Morgan fingerprint density at radius 2 is 1.96 bits per heavy atom. The SMILES string of the molecule is Cc1cc(=O)c(C(=O)OCC(=O)N2CCCC[C@@H]2C)nn1-c1ccc(Cl)cc1. The topological polar surface area (TPSA) is 81.5 Å². The van der Waals surface area contributed by atoms with E-state index in [0.717, 1.165) is 19.3 Å². The molecule has 2 heterocycles. The zero-order valence-electron chi connectivity index (χ0n) is 15.9. The predicted molar refractivity (Wildman–Crippen MR) is 105 cm³/mol. The molecule has 0 aliphatic carbocycles. The number of piperidine rings is 1. The quantitative estimate of drug-likeness (QED) is 0.733. The molecule has 1 saturated heterocycles. The summed E-state index contributed by atoms with van der Waals surface area (Å²) in [6.07, 6.45) is 2.96. The van der Waals surface area contributed by atoms with Gasteiger partial charge < -0.3 is 9.64 Å². The van der Waals surface area contributed by atoms with Gasteiger partial charge in [-0.05, 0) is 57.4 Å². The smallest absolute Gasteiger partial charge is 0.363 e. The molecule has 1 aromatic carbocycles. The second-order valence-corrected chi connectivity index (χ2v) is 7.33. The second kappa shape index (κ2) is 8.56. The highest BCUT2D eigenvalue weighted by Crippen LogP contribution is 2.17. The number of carbonyl (C=O) groups is 2. The first-order valence-electron chi connectivity index (χ1n) is 9.20. The van der Waals surface area contributed by atoms with E-state index < -0.39 is 18.0 Å². The summed E-state index contributed by atoms with van der Waals surface area (Å²) in [7, 11) is 0. The lowest BCUT2D eigenvalue weighted by atomic mass is 10.0. The Balaban J connectivity index is 1.76. The van der Waals surface area contributed by atoms with Crippen molar-refractivity contribution >= 4 is 23.5 Å². The van der Waals surface area contributed by atoms with Gasteiger partial charge in [0.25, 0.3) is 5.91 Å². The van der Waals surface area contributed by atoms with Gasteiger partial charge in [0.15, 0.2) is 6.61 Å². The monoisotopic (exact) mass is 403 g/mol. The molecule has 1 fully saturated rings. The summed E-state index contributed by atoms with van der Waals surface area (Å²) in [5.41, 5.74) is 0.294. The lowest BCUT2D eigenvalue weighted by Gasteiger charge is -2.33. The van der Waals surface area contributed by atoms with Crippen molar-refractivity contribution in [1.82, 2.24) is 14.7 Å². The van der Waals surface area contributed by atoms with E-state index in [9.17, 15) is 14.4 Å². The van der Waals surface area contributed by atoms with Crippen molar-refractivity contribution in [2.75, 3.05) is 13.2 Å². The van der Waals surface area contributed by atoms with Gasteiger partial charge in [-0.15, -0.1) is 0 Å². The van der Waals surface area contributed by atoms with E-state index in [1.807, 2.05) is 6.92 Å². The van der Waals surface area contributed by atoms with Crippen LogP contribution in [0, 0.1) is 6.92 Å². The molecule has 0 radical (unpaired) electrons. The van der Waals surface area contributed by atoms with Crippen LogP contribution in [0.2, 0.25) is 5.02 Å². The lowest BCUT2D eigenvalue weighted by molar-refractivity contribution is -0.137. The summed E-state index contributed by atoms with van der Waals surface area (Å²) in [5, 5.41) is 4.70. The molecule has 8 heteroatoms. The average Bonchev–Trinajstić information content (AvgIpc) is 2.67. The molecule has 1 aromatic heterocycles. The van der Waals surface area contributed by atoms with Crippen molar-refractivity contribution in [3.8, 4) is 5.69 Å². The van der Waals surface area contributed by atoms with Gasteiger partial charge in [-0.25, -0.2) is 9.48 Å². The van der Waals surface area contributed by atoms with Gasteiger partial charge in [0.1, 0.15) is 0 Å². The molecular weight excluding hydrogens is 382 g/mol. The average molecular weight is 404 g/mol. The maximum atomic E-state index is 12.4. The number of rotatable bonds is 4. The van der Waals surface area contributed by atoms with Crippen molar-refractivity contribution < 1.29 is 14.3 Å². The number of ether oxygens (including phenoxy) is 1. The van der Waals surface area contributed by atoms with Crippen LogP contribution in [0.25, 0.3) is 5.69 Å². The van der Waals surface area contributed by atoms with Crippen molar-refractivity contribution in [3.63, 3.8) is 0 Å². The van der Waals surface area contributed by atoms with Crippen LogP contribution in [-0.2, 0) is 9.53 Å². The van der Waals surface area contributed by atoms with Crippen molar-refractivity contribution in [2.45, 2.75) is 39.2 Å². The lowest BCUT2D eigenvalue weighted by Crippen LogP contribution is -2.44. The van der Waals surface area contributed by atoms with E-state index in [4.69, 9.17) is 16.3 Å². The number of aryl methyl sites for hydroxylation is 1. The van der Waals surface area contributed by atoms with Gasteiger partial charge >= 0.3 is 5.97 Å². The third-order valence-corrected chi connectivity index (χ3v) is 5.07. The zero-order valence-corrected chi connectivity index (χ0v) is 16.6. The summed E-state index contributed by atoms with van der Waals surface area (Å²) < 4.78 is 6.56. The molecule has 0 saturated carbocycles. The maximum Gasteiger partial charge on any atom is 0.363 e. The highest BCUT2D eigenvalue weighted by molar-refractivity contribution is 6.30. The van der Waals surface area contributed by atoms with Gasteiger partial charge in [0.2, 0.25) is 11.1 Å². The molecule has 0 bridgehead atoms. The minimum absolute atomic E-state index is 0.125. The number of benzene rings is 1.